The van der Waals surface area contributed by atoms with Gasteiger partial charge in [-0.3, -0.25) is 0 Å². The van der Waals surface area contributed by atoms with Crippen molar-refractivity contribution in [3.05, 3.63) is 34.9 Å². The molecule has 0 bridgehead atoms. The van der Waals surface area contributed by atoms with E-state index in [1.165, 1.54) is 0 Å². The Morgan fingerprint density at radius 3 is 0.967 bits per heavy atom. The first-order valence-corrected chi connectivity index (χ1v) is 6.42. The molecule has 2 nitrogen and oxygen atoms in total. The summed E-state index contributed by atoms with van der Waals surface area (Å²) in [5, 5.41) is 0. The Hall–Kier alpha value is -2.56. The zero-order valence-corrected chi connectivity index (χ0v) is 12.9. The molecule has 0 radical (unpaired) electrons. The van der Waals surface area contributed by atoms with Crippen molar-refractivity contribution in [1.29, 1.82) is 0 Å². The van der Waals surface area contributed by atoms with Crippen LogP contribution in [0.5, 0.6) is 0 Å². The summed E-state index contributed by atoms with van der Waals surface area (Å²) in [6.07, 6.45) is -29.3. The molecule has 0 amide bonds. The standard InChI is InChI=1S/C12F16N2/c13-3-4(1(9(17,18)19)6(14)11(23,24)25)29-8(16)30-5(3)2(10(20,21)22)7(15)12(26,27)28/b6-1-,7-2-. The van der Waals surface area contributed by atoms with Crippen LogP contribution in [0.4, 0.5) is 70.2 Å². The van der Waals surface area contributed by atoms with E-state index >= 15 is 0 Å². The van der Waals surface area contributed by atoms with Gasteiger partial charge in [-0.25, -0.2) is 13.2 Å². The molecule has 170 valence electrons. The van der Waals surface area contributed by atoms with Crippen LogP contribution in [0.2, 0.25) is 0 Å². The summed E-state index contributed by atoms with van der Waals surface area (Å²) in [7, 11) is 0. The van der Waals surface area contributed by atoms with E-state index in [1.807, 2.05) is 0 Å². The zero-order chi connectivity index (χ0) is 24.0. The van der Waals surface area contributed by atoms with Crippen LogP contribution in [0.1, 0.15) is 11.4 Å². The molecule has 0 unspecified atom stereocenters. The van der Waals surface area contributed by atoms with Crippen molar-refractivity contribution >= 4 is 11.1 Å². The van der Waals surface area contributed by atoms with Crippen LogP contribution in [-0.2, 0) is 0 Å². The topological polar surface area (TPSA) is 25.8 Å². The molecule has 18 heteroatoms. The van der Waals surface area contributed by atoms with E-state index in [0.717, 1.165) is 0 Å². The molecule has 1 aromatic heterocycles. The van der Waals surface area contributed by atoms with Gasteiger partial charge in [0.15, 0.2) is 5.82 Å². The van der Waals surface area contributed by atoms with Crippen molar-refractivity contribution in [1.82, 2.24) is 9.97 Å². The Labute approximate surface area is 152 Å². The predicted molar refractivity (Wildman–Crippen MR) is 62.2 cm³/mol. The first-order chi connectivity index (χ1) is 13.1. The van der Waals surface area contributed by atoms with Gasteiger partial charge in [0.1, 0.15) is 22.5 Å². The van der Waals surface area contributed by atoms with Crippen LogP contribution in [-0.4, -0.2) is 34.7 Å². The second-order valence-corrected chi connectivity index (χ2v) is 4.87. The summed E-state index contributed by atoms with van der Waals surface area (Å²) < 4.78 is 204. The summed E-state index contributed by atoms with van der Waals surface area (Å²) in [6.45, 7) is 0. The van der Waals surface area contributed by atoms with Crippen LogP contribution in [0, 0.1) is 11.9 Å². The Morgan fingerprint density at radius 1 is 0.500 bits per heavy atom. The molecule has 0 saturated carbocycles. The third-order valence-corrected chi connectivity index (χ3v) is 2.80. The van der Waals surface area contributed by atoms with Gasteiger partial charge in [0.05, 0.1) is 0 Å². The van der Waals surface area contributed by atoms with Gasteiger partial charge >= 0.3 is 30.8 Å². The van der Waals surface area contributed by atoms with Gasteiger partial charge in [0.2, 0.25) is 11.7 Å². The van der Waals surface area contributed by atoms with Crippen molar-refractivity contribution in [2.75, 3.05) is 0 Å². The van der Waals surface area contributed by atoms with Gasteiger partial charge in [0.25, 0.3) is 0 Å². The van der Waals surface area contributed by atoms with Gasteiger partial charge in [-0.1, -0.05) is 0 Å². The average Bonchev–Trinajstić information content (AvgIpc) is 2.47. The van der Waals surface area contributed by atoms with Gasteiger partial charge in [0, 0.05) is 0 Å². The zero-order valence-electron chi connectivity index (χ0n) is 12.9. The second kappa shape index (κ2) is 7.60. The fraction of sp³-hybridized carbons (Fsp3) is 0.333. The summed E-state index contributed by atoms with van der Waals surface area (Å²) in [4.78, 5) is 3.51. The largest absolute Gasteiger partial charge is 0.443 e. The number of alkyl halides is 12. The predicted octanol–water partition coefficient (Wildman–Crippen LogP) is 6.37. The van der Waals surface area contributed by atoms with E-state index < -0.39 is 70.8 Å². The van der Waals surface area contributed by atoms with E-state index in [4.69, 9.17) is 0 Å². The molecule has 0 aliphatic carbocycles. The van der Waals surface area contributed by atoms with Crippen molar-refractivity contribution < 1.29 is 70.2 Å². The number of hydrogen-bond donors (Lipinski definition) is 0. The summed E-state index contributed by atoms with van der Waals surface area (Å²) >= 11 is 0. The summed E-state index contributed by atoms with van der Waals surface area (Å²) in [6, 6.07) is 0. The van der Waals surface area contributed by atoms with Crippen LogP contribution in [0.15, 0.2) is 11.7 Å². The number of hydrogen-bond acceptors (Lipinski definition) is 2. The molecule has 0 aromatic carbocycles. The van der Waals surface area contributed by atoms with E-state index in [9.17, 15) is 70.2 Å². The highest BCUT2D eigenvalue weighted by Gasteiger charge is 2.52. The fourth-order valence-electron chi connectivity index (χ4n) is 1.76. The lowest BCUT2D eigenvalue weighted by Gasteiger charge is -2.18. The van der Waals surface area contributed by atoms with Gasteiger partial charge in [-0.05, 0) is 0 Å². The molecule has 0 saturated heterocycles. The number of rotatable bonds is 2. The van der Waals surface area contributed by atoms with E-state index in [0.29, 0.717) is 0 Å². The maximum Gasteiger partial charge on any atom is 0.443 e. The molecule has 0 fully saturated rings. The van der Waals surface area contributed by atoms with Gasteiger partial charge < -0.3 is 0 Å². The molecule has 1 aromatic rings. The maximum atomic E-state index is 14.1. The lowest BCUT2D eigenvalue weighted by Crippen LogP contribution is -2.25. The second-order valence-electron chi connectivity index (χ2n) is 4.87. The normalized spacial score (nSPS) is 15.7. The highest BCUT2D eigenvalue weighted by molar-refractivity contribution is 5.75. The molecular formula is C12F16N2. The van der Waals surface area contributed by atoms with Crippen molar-refractivity contribution in [3.63, 3.8) is 0 Å². The van der Waals surface area contributed by atoms with Crippen molar-refractivity contribution in [3.8, 4) is 0 Å². The minimum absolute atomic E-state index is 1.76. The smallest absolute Gasteiger partial charge is 0.202 e. The molecular weight excluding hydrogens is 476 g/mol. The molecule has 30 heavy (non-hydrogen) atoms. The monoisotopic (exact) mass is 476 g/mol. The third-order valence-electron chi connectivity index (χ3n) is 2.80. The number of aromatic nitrogens is 2. The summed E-state index contributed by atoms with van der Waals surface area (Å²) in [5.74, 6) is -11.9. The third kappa shape index (κ3) is 5.32. The van der Waals surface area contributed by atoms with E-state index in [2.05, 4.69) is 0 Å². The van der Waals surface area contributed by atoms with Crippen LogP contribution >= 0.6 is 0 Å². The lowest BCUT2D eigenvalue weighted by atomic mass is 10.0. The molecule has 0 aliphatic heterocycles. The number of nitrogens with zero attached hydrogens (tertiary/aromatic N) is 2. The minimum atomic E-state index is -6.61. The Bertz CT molecular complexity index is 810. The highest BCUT2D eigenvalue weighted by Crippen LogP contribution is 2.46. The first kappa shape index (κ1) is 25.5. The SMILES string of the molecule is F/C(=C(/c1nc(F)nc(/C(=C(/F)C(F)(F)F)C(F)(F)F)c1F)C(F)(F)F)C(F)(F)F. The first-order valence-electron chi connectivity index (χ1n) is 6.42. The van der Waals surface area contributed by atoms with E-state index in [1.54, 1.807) is 9.97 Å². The molecule has 0 N–H and O–H groups in total. The Kier molecular flexibility index (Phi) is 6.46. The molecule has 0 atom stereocenters. The van der Waals surface area contributed by atoms with Crippen LogP contribution in [0.3, 0.4) is 0 Å². The average molecular weight is 476 g/mol. The summed E-state index contributed by atoms with van der Waals surface area (Å²) in [5.41, 5.74) is -14.0. The molecule has 1 rings (SSSR count). The molecule has 0 spiro atoms. The molecule has 0 aliphatic rings. The number of halogens is 16. The maximum absolute atomic E-state index is 14.1. The van der Waals surface area contributed by atoms with Crippen LogP contribution < -0.4 is 0 Å². The van der Waals surface area contributed by atoms with Crippen LogP contribution in [0.25, 0.3) is 11.1 Å². The quantitative estimate of drug-likeness (QED) is 0.367. The van der Waals surface area contributed by atoms with Crippen molar-refractivity contribution in [2.45, 2.75) is 24.7 Å². The Morgan fingerprint density at radius 2 is 0.767 bits per heavy atom. The Balaban J connectivity index is 4.18. The highest BCUT2D eigenvalue weighted by atomic mass is 19.4. The van der Waals surface area contributed by atoms with Crippen molar-refractivity contribution in [2.24, 2.45) is 0 Å². The van der Waals surface area contributed by atoms with Gasteiger partial charge in [-0.2, -0.15) is 67.0 Å². The van der Waals surface area contributed by atoms with E-state index in [-0.39, 0.29) is 0 Å². The number of allylic oxidation sites excluding steroid dienone is 4. The molecule has 1 heterocycles. The fourth-order valence-corrected chi connectivity index (χ4v) is 1.76. The van der Waals surface area contributed by atoms with Gasteiger partial charge in [-0.15, -0.1) is 0 Å². The lowest BCUT2D eigenvalue weighted by molar-refractivity contribution is -0.116. The minimum Gasteiger partial charge on any atom is -0.202 e.